The third-order valence-electron chi connectivity index (χ3n) is 1.89. The molecule has 0 atom stereocenters. The van der Waals surface area contributed by atoms with E-state index in [1.165, 1.54) is 6.08 Å². The molecule has 0 radical (unpaired) electrons. The van der Waals surface area contributed by atoms with Gasteiger partial charge in [0.1, 0.15) is 6.61 Å². The summed E-state index contributed by atoms with van der Waals surface area (Å²) in [4.78, 5) is 12.9. The van der Waals surface area contributed by atoms with E-state index in [9.17, 15) is 4.79 Å². The SMILES string of the molecule is C=CCOC(=O)N(CCO)C1CC1. The van der Waals surface area contributed by atoms with Crippen LogP contribution in [0.2, 0.25) is 0 Å². The number of nitrogens with zero attached hydrogens (tertiary/aromatic N) is 1. The molecule has 1 fully saturated rings. The maximum Gasteiger partial charge on any atom is 0.410 e. The first-order valence-corrected chi connectivity index (χ1v) is 4.44. The van der Waals surface area contributed by atoms with Gasteiger partial charge in [-0.25, -0.2) is 4.79 Å². The molecule has 1 N–H and O–H groups in total. The first kappa shape index (κ1) is 10.1. The smallest absolute Gasteiger partial charge is 0.410 e. The van der Waals surface area contributed by atoms with Crippen molar-refractivity contribution in [2.45, 2.75) is 18.9 Å². The van der Waals surface area contributed by atoms with Gasteiger partial charge in [0, 0.05) is 12.6 Å². The van der Waals surface area contributed by atoms with Gasteiger partial charge in [-0.05, 0) is 12.8 Å². The van der Waals surface area contributed by atoms with Crippen LogP contribution in [0.4, 0.5) is 4.79 Å². The fourth-order valence-corrected chi connectivity index (χ4v) is 1.13. The zero-order valence-corrected chi connectivity index (χ0v) is 7.61. The van der Waals surface area contributed by atoms with Gasteiger partial charge < -0.3 is 14.7 Å². The normalized spacial score (nSPS) is 15.2. The van der Waals surface area contributed by atoms with Crippen LogP contribution >= 0.6 is 0 Å². The Kier molecular flexibility index (Phi) is 3.76. The first-order chi connectivity index (χ1) is 6.29. The topological polar surface area (TPSA) is 49.8 Å². The predicted molar refractivity (Wildman–Crippen MR) is 48.4 cm³/mol. The number of aliphatic hydroxyl groups is 1. The third-order valence-corrected chi connectivity index (χ3v) is 1.89. The van der Waals surface area contributed by atoms with E-state index in [0.717, 1.165) is 12.8 Å². The molecule has 0 aromatic heterocycles. The highest BCUT2D eigenvalue weighted by Crippen LogP contribution is 2.26. The molecular formula is C9H15NO3. The molecule has 0 aromatic rings. The van der Waals surface area contributed by atoms with Gasteiger partial charge >= 0.3 is 6.09 Å². The largest absolute Gasteiger partial charge is 0.445 e. The fourth-order valence-electron chi connectivity index (χ4n) is 1.13. The van der Waals surface area contributed by atoms with Crippen molar-refractivity contribution in [1.82, 2.24) is 4.90 Å². The second-order valence-corrected chi connectivity index (χ2v) is 3.01. The summed E-state index contributed by atoms with van der Waals surface area (Å²) in [7, 11) is 0. The van der Waals surface area contributed by atoms with Gasteiger partial charge in [-0.15, -0.1) is 0 Å². The number of aliphatic hydroxyl groups excluding tert-OH is 1. The van der Waals surface area contributed by atoms with E-state index in [1.807, 2.05) is 0 Å². The molecule has 1 aliphatic rings. The van der Waals surface area contributed by atoms with Crippen LogP contribution in [0.3, 0.4) is 0 Å². The maximum atomic E-state index is 11.3. The van der Waals surface area contributed by atoms with Crippen LogP contribution in [0.1, 0.15) is 12.8 Å². The molecule has 0 aromatic carbocycles. The minimum Gasteiger partial charge on any atom is -0.445 e. The van der Waals surface area contributed by atoms with Crippen molar-refractivity contribution in [3.63, 3.8) is 0 Å². The van der Waals surface area contributed by atoms with Gasteiger partial charge in [0.05, 0.1) is 6.61 Å². The summed E-state index contributed by atoms with van der Waals surface area (Å²) >= 11 is 0. The van der Waals surface area contributed by atoms with Crippen molar-refractivity contribution in [2.75, 3.05) is 19.8 Å². The number of ether oxygens (including phenoxy) is 1. The van der Waals surface area contributed by atoms with E-state index in [-0.39, 0.29) is 25.3 Å². The average molecular weight is 185 g/mol. The Balaban J connectivity index is 2.33. The molecule has 1 aliphatic carbocycles. The molecule has 0 unspecified atom stereocenters. The monoisotopic (exact) mass is 185 g/mol. The highest BCUT2D eigenvalue weighted by atomic mass is 16.6. The lowest BCUT2D eigenvalue weighted by molar-refractivity contribution is 0.100. The van der Waals surface area contributed by atoms with Crippen LogP contribution < -0.4 is 0 Å². The number of carbonyl (C=O) groups is 1. The molecule has 0 bridgehead atoms. The second kappa shape index (κ2) is 4.87. The van der Waals surface area contributed by atoms with Gasteiger partial charge in [0.25, 0.3) is 0 Å². The Morgan fingerprint density at radius 1 is 1.69 bits per heavy atom. The number of rotatable bonds is 5. The van der Waals surface area contributed by atoms with Gasteiger partial charge in [0.15, 0.2) is 0 Å². The van der Waals surface area contributed by atoms with E-state index >= 15 is 0 Å². The van der Waals surface area contributed by atoms with E-state index in [4.69, 9.17) is 9.84 Å². The third kappa shape index (κ3) is 3.06. The minimum absolute atomic E-state index is 0.0142. The van der Waals surface area contributed by atoms with Crippen LogP contribution in [0.25, 0.3) is 0 Å². The molecule has 4 heteroatoms. The quantitative estimate of drug-likeness (QED) is 0.643. The van der Waals surface area contributed by atoms with E-state index < -0.39 is 0 Å². The Morgan fingerprint density at radius 2 is 2.38 bits per heavy atom. The first-order valence-electron chi connectivity index (χ1n) is 4.44. The maximum absolute atomic E-state index is 11.3. The summed E-state index contributed by atoms with van der Waals surface area (Å²) in [5.41, 5.74) is 0. The standard InChI is InChI=1S/C9H15NO3/c1-2-7-13-9(12)10(5-6-11)8-3-4-8/h2,8,11H,1,3-7H2. The van der Waals surface area contributed by atoms with Crippen LogP contribution in [-0.4, -0.2) is 41.9 Å². The summed E-state index contributed by atoms with van der Waals surface area (Å²) in [5, 5.41) is 8.72. The molecule has 0 aliphatic heterocycles. The lowest BCUT2D eigenvalue weighted by Gasteiger charge is -2.19. The Bertz CT molecular complexity index is 189. The van der Waals surface area contributed by atoms with Crippen molar-refractivity contribution >= 4 is 6.09 Å². The van der Waals surface area contributed by atoms with Crippen molar-refractivity contribution in [3.05, 3.63) is 12.7 Å². The number of hydrogen-bond donors (Lipinski definition) is 1. The minimum atomic E-state index is -0.351. The predicted octanol–water partition coefficient (Wildman–Crippen LogP) is 0.766. The summed E-state index contributed by atoms with van der Waals surface area (Å²) in [5.74, 6) is 0. The molecule has 1 rings (SSSR count). The Hall–Kier alpha value is -1.03. The number of amides is 1. The average Bonchev–Trinajstić information content (AvgIpc) is 2.93. The molecular weight excluding hydrogens is 170 g/mol. The Morgan fingerprint density at radius 3 is 2.85 bits per heavy atom. The van der Waals surface area contributed by atoms with Crippen molar-refractivity contribution in [1.29, 1.82) is 0 Å². The van der Waals surface area contributed by atoms with Crippen LogP contribution in [0, 0.1) is 0 Å². The fraction of sp³-hybridized carbons (Fsp3) is 0.667. The molecule has 0 heterocycles. The highest BCUT2D eigenvalue weighted by Gasteiger charge is 2.32. The summed E-state index contributed by atoms with van der Waals surface area (Å²) in [6.45, 7) is 4.03. The molecule has 4 nitrogen and oxygen atoms in total. The lowest BCUT2D eigenvalue weighted by Crippen LogP contribution is -2.35. The zero-order valence-electron chi connectivity index (χ0n) is 7.61. The molecule has 0 spiro atoms. The van der Waals surface area contributed by atoms with Crippen LogP contribution in [0.15, 0.2) is 12.7 Å². The Labute approximate surface area is 77.8 Å². The molecule has 1 saturated carbocycles. The van der Waals surface area contributed by atoms with Crippen molar-refractivity contribution < 1.29 is 14.6 Å². The van der Waals surface area contributed by atoms with Gasteiger partial charge in [-0.3, -0.25) is 0 Å². The van der Waals surface area contributed by atoms with Gasteiger partial charge in [-0.2, -0.15) is 0 Å². The molecule has 74 valence electrons. The van der Waals surface area contributed by atoms with Crippen LogP contribution in [-0.2, 0) is 4.74 Å². The van der Waals surface area contributed by atoms with Gasteiger partial charge in [-0.1, -0.05) is 12.7 Å². The summed E-state index contributed by atoms with van der Waals surface area (Å²) in [6, 6.07) is 0.282. The lowest BCUT2D eigenvalue weighted by atomic mass is 10.5. The molecule has 1 amide bonds. The van der Waals surface area contributed by atoms with Crippen LogP contribution in [0.5, 0.6) is 0 Å². The number of carbonyl (C=O) groups excluding carboxylic acids is 1. The number of hydrogen-bond acceptors (Lipinski definition) is 3. The van der Waals surface area contributed by atoms with Crippen molar-refractivity contribution in [2.24, 2.45) is 0 Å². The van der Waals surface area contributed by atoms with Gasteiger partial charge in [0.2, 0.25) is 0 Å². The van der Waals surface area contributed by atoms with Crippen molar-refractivity contribution in [3.8, 4) is 0 Å². The summed E-state index contributed by atoms with van der Waals surface area (Å²) < 4.78 is 4.86. The second-order valence-electron chi connectivity index (χ2n) is 3.01. The zero-order chi connectivity index (χ0) is 9.68. The molecule has 13 heavy (non-hydrogen) atoms. The summed E-state index contributed by atoms with van der Waals surface area (Å²) in [6.07, 6.45) is 3.21. The van der Waals surface area contributed by atoms with E-state index in [0.29, 0.717) is 6.54 Å². The molecule has 0 saturated heterocycles. The van der Waals surface area contributed by atoms with E-state index in [1.54, 1.807) is 4.90 Å². The van der Waals surface area contributed by atoms with E-state index in [2.05, 4.69) is 6.58 Å². The highest BCUT2D eigenvalue weighted by molar-refractivity contribution is 5.68.